The number of unbranched alkanes of at least 4 members (excludes halogenated alkanes) is 2. The van der Waals surface area contributed by atoms with Crippen LogP contribution in [0, 0.1) is 11.8 Å². The number of hydrogen-bond donors (Lipinski definition) is 1. The number of rotatable bonds is 5. The van der Waals surface area contributed by atoms with E-state index >= 15 is 0 Å². The van der Waals surface area contributed by atoms with Gasteiger partial charge < -0.3 is 5.11 Å². The maximum Gasteiger partial charge on any atom is 0.306 e. The number of carbonyl (C=O) groups is 1. The molecule has 0 bridgehead atoms. The lowest BCUT2D eigenvalue weighted by Gasteiger charge is -2.25. The summed E-state index contributed by atoms with van der Waals surface area (Å²) in [6, 6.07) is 0. The zero-order valence-electron chi connectivity index (χ0n) is 9.17. The molecule has 82 valence electrons. The molecule has 1 aliphatic carbocycles. The maximum atomic E-state index is 10.7. The molecule has 0 aromatic carbocycles. The smallest absolute Gasteiger partial charge is 0.306 e. The average Bonchev–Trinajstić information content (AvgIpc) is 2.19. The lowest BCUT2D eigenvalue weighted by atomic mass is 9.80. The summed E-state index contributed by atoms with van der Waals surface area (Å²) in [4.78, 5) is 10.7. The Morgan fingerprint density at radius 1 is 1.21 bits per heavy atom. The minimum absolute atomic E-state index is 0.0441. The zero-order chi connectivity index (χ0) is 10.4. The van der Waals surface area contributed by atoms with E-state index in [0.29, 0.717) is 0 Å². The standard InChI is InChI=1S/C12H22O2/c1-2-3-4-5-10-6-8-11(9-7-10)12(13)14/h10-11H,2-9H2,1H3,(H,13,14)/t10-,11-. The van der Waals surface area contributed by atoms with Crippen molar-refractivity contribution in [3.05, 3.63) is 0 Å². The molecule has 1 saturated carbocycles. The van der Waals surface area contributed by atoms with Crippen LogP contribution < -0.4 is 0 Å². The Hall–Kier alpha value is -0.530. The van der Waals surface area contributed by atoms with E-state index in [-0.39, 0.29) is 5.92 Å². The van der Waals surface area contributed by atoms with Gasteiger partial charge in [0.1, 0.15) is 0 Å². The summed E-state index contributed by atoms with van der Waals surface area (Å²) in [5, 5.41) is 8.84. The first-order valence-corrected chi connectivity index (χ1v) is 5.96. The fourth-order valence-electron chi connectivity index (χ4n) is 2.38. The van der Waals surface area contributed by atoms with E-state index in [4.69, 9.17) is 5.11 Å². The van der Waals surface area contributed by atoms with Crippen molar-refractivity contribution in [2.45, 2.75) is 58.3 Å². The van der Waals surface area contributed by atoms with E-state index in [1.807, 2.05) is 0 Å². The normalized spacial score (nSPS) is 27.5. The van der Waals surface area contributed by atoms with Crippen molar-refractivity contribution >= 4 is 5.97 Å². The van der Waals surface area contributed by atoms with Crippen molar-refractivity contribution in [2.24, 2.45) is 11.8 Å². The summed E-state index contributed by atoms with van der Waals surface area (Å²) >= 11 is 0. The molecule has 0 unspecified atom stereocenters. The van der Waals surface area contributed by atoms with Crippen molar-refractivity contribution in [2.75, 3.05) is 0 Å². The molecular weight excluding hydrogens is 176 g/mol. The summed E-state index contributed by atoms with van der Waals surface area (Å²) in [5.41, 5.74) is 0. The van der Waals surface area contributed by atoms with Crippen molar-refractivity contribution in [1.82, 2.24) is 0 Å². The van der Waals surface area contributed by atoms with Gasteiger partial charge in [-0.3, -0.25) is 4.79 Å². The third-order valence-corrected chi connectivity index (χ3v) is 3.41. The predicted octanol–water partition coefficient (Wildman–Crippen LogP) is 3.46. The van der Waals surface area contributed by atoms with Gasteiger partial charge in [-0.1, -0.05) is 32.6 Å². The van der Waals surface area contributed by atoms with Crippen molar-refractivity contribution in [3.63, 3.8) is 0 Å². The van der Waals surface area contributed by atoms with E-state index in [0.717, 1.165) is 31.6 Å². The van der Waals surface area contributed by atoms with Crippen LogP contribution in [-0.4, -0.2) is 11.1 Å². The molecule has 0 radical (unpaired) electrons. The second-order valence-electron chi connectivity index (χ2n) is 4.55. The van der Waals surface area contributed by atoms with Gasteiger partial charge in [-0.15, -0.1) is 0 Å². The van der Waals surface area contributed by atoms with Gasteiger partial charge in [0.15, 0.2) is 0 Å². The summed E-state index contributed by atoms with van der Waals surface area (Å²) in [7, 11) is 0. The van der Waals surface area contributed by atoms with Crippen molar-refractivity contribution in [1.29, 1.82) is 0 Å². The van der Waals surface area contributed by atoms with Gasteiger partial charge in [0, 0.05) is 0 Å². The van der Waals surface area contributed by atoms with Crippen LogP contribution in [0.5, 0.6) is 0 Å². The van der Waals surface area contributed by atoms with Crippen LogP contribution in [0.1, 0.15) is 58.3 Å². The van der Waals surface area contributed by atoms with Gasteiger partial charge in [0.2, 0.25) is 0 Å². The Morgan fingerprint density at radius 2 is 1.86 bits per heavy atom. The minimum atomic E-state index is -0.586. The molecule has 0 aliphatic heterocycles. The summed E-state index contributed by atoms with van der Waals surface area (Å²) < 4.78 is 0. The molecule has 1 rings (SSSR count). The fourth-order valence-corrected chi connectivity index (χ4v) is 2.38. The molecule has 1 N–H and O–H groups in total. The molecule has 0 aromatic rings. The quantitative estimate of drug-likeness (QED) is 0.687. The third kappa shape index (κ3) is 3.69. The highest BCUT2D eigenvalue weighted by Crippen LogP contribution is 2.31. The second-order valence-corrected chi connectivity index (χ2v) is 4.55. The van der Waals surface area contributed by atoms with Crippen LogP contribution >= 0.6 is 0 Å². The third-order valence-electron chi connectivity index (χ3n) is 3.41. The molecule has 0 amide bonds. The van der Waals surface area contributed by atoms with Gasteiger partial charge in [0.05, 0.1) is 5.92 Å². The number of hydrogen-bond acceptors (Lipinski definition) is 1. The Bertz CT molecular complexity index is 169. The summed E-state index contributed by atoms with van der Waals surface area (Å²) in [5.74, 6) is 0.187. The molecular formula is C12H22O2. The van der Waals surface area contributed by atoms with Crippen molar-refractivity contribution in [3.8, 4) is 0 Å². The first kappa shape index (κ1) is 11.5. The molecule has 0 heterocycles. The average molecular weight is 198 g/mol. The summed E-state index contributed by atoms with van der Waals surface area (Å²) in [6.45, 7) is 2.22. The van der Waals surface area contributed by atoms with Gasteiger partial charge in [-0.2, -0.15) is 0 Å². The zero-order valence-corrected chi connectivity index (χ0v) is 9.17. The number of carboxylic acids is 1. The van der Waals surface area contributed by atoms with E-state index in [9.17, 15) is 4.79 Å². The van der Waals surface area contributed by atoms with Gasteiger partial charge in [-0.05, 0) is 31.6 Å². The highest BCUT2D eigenvalue weighted by Gasteiger charge is 2.25. The lowest BCUT2D eigenvalue weighted by molar-refractivity contribution is -0.143. The van der Waals surface area contributed by atoms with Crippen LogP contribution in [0.2, 0.25) is 0 Å². The number of carboxylic acid groups (broad SMARTS) is 1. The molecule has 0 aromatic heterocycles. The minimum Gasteiger partial charge on any atom is -0.481 e. The van der Waals surface area contributed by atoms with Crippen LogP contribution in [0.3, 0.4) is 0 Å². The van der Waals surface area contributed by atoms with Gasteiger partial charge in [-0.25, -0.2) is 0 Å². The van der Waals surface area contributed by atoms with Crippen molar-refractivity contribution < 1.29 is 9.90 Å². The molecule has 1 aliphatic rings. The SMILES string of the molecule is CCCCC[C@H]1CC[C@H](C(=O)O)CC1. The predicted molar refractivity (Wildman–Crippen MR) is 57.2 cm³/mol. The van der Waals surface area contributed by atoms with E-state index < -0.39 is 5.97 Å². The fraction of sp³-hybridized carbons (Fsp3) is 0.917. The highest BCUT2D eigenvalue weighted by atomic mass is 16.4. The second kappa shape index (κ2) is 6.05. The molecule has 1 fully saturated rings. The van der Waals surface area contributed by atoms with Crippen LogP contribution in [0.25, 0.3) is 0 Å². The first-order valence-electron chi connectivity index (χ1n) is 5.96. The Morgan fingerprint density at radius 3 is 2.36 bits per heavy atom. The molecule has 2 nitrogen and oxygen atoms in total. The van der Waals surface area contributed by atoms with E-state index in [1.54, 1.807) is 0 Å². The Balaban J connectivity index is 2.12. The molecule has 0 spiro atoms. The monoisotopic (exact) mass is 198 g/mol. The van der Waals surface area contributed by atoms with Crippen LogP contribution in [-0.2, 0) is 4.79 Å². The molecule has 14 heavy (non-hydrogen) atoms. The van der Waals surface area contributed by atoms with Crippen LogP contribution in [0.4, 0.5) is 0 Å². The maximum absolute atomic E-state index is 10.7. The largest absolute Gasteiger partial charge is 0.481 e. The highest BCUT2D eigenvalue weighted by molar-refractivity contribution is 5.69. The van der Waals surface area contributed by atoms with Gasteiger partial charge >= 0.3 is 5.97 Å². The number of aliphatic carboxylic acids is 1. The topological polar surface area (TPSA) is 37.3 Å². The van der Waals surface area contributed by atoms with Crippen LogP contribution in [0.15, 0.2) is 0 Å². The molecule has 2 heteroatoms. The summed E-state index contributed by atoms with van der Waals surface area (Å²) in [6.07, 6.45) is 9.36. The molecule has 0 saturated heterocycles. The van der Waals surface area contributed by atoms with Gasteiger partial charge in [0.25, 0.3) is 0 Å². The molecule has 0 atom stereocenters. The first-order chi connectivity index (χ1) is 6.74. The Labute approximate surface area is 86.7 Å². The van der Waals surface area contributed by atoms with E-state index in [2.05, 4.69) is 6.92 Å². The Kier molecular flexibility index (Phi) is 4.99. The van der Waals surface area contributed by atoms with E-state index in [1.165, 1.54) is 25.7 Å². The lowest BCUT2D eigenvalue weighted by Crippen LogP contribution is -2.21.